The summed E-state index contributed by atoms with van der Waals surface area (Å²) < 4.78 is 1.92. The number of aryl methyl sites for hydroxylation is 1. The predicted octanol–water partition coefficient (Wildman–Crippen LogP) is 6.65. The molecule has 4 heteroatoms. The van der Waals surface area contributed by atoms with Crippen molar-refractivity contribution in [1.29, 1.82) is 0 Å². The van der Waals surface area contributed by atoms with Gasteiger partial charge in [0.25, 0.3) is 0 Å². The molecule has 0 aliphatic carbocycles. The van der Waals surface area contributed by atoms with Crippen LogP contribution >= 0.6 is 0 Å². The standard InChI is InChI=1S/C27H22N4/c1-20-17-18-28-31(20)24-14-8-13-23(19-24)29-26-16-15-25(21-9-4-2-5-10-21)27(30-26)22-11-6-3-7-12-22/h2-19H,1H3,(H,29,30). The molecule has 1 N–H and O–H groups in total. The van der Waals surface area contributed by atoms with E-state index in [1.165, 1.54) is 0 Å². The molecule has 0 radical (unpaired) electrons. The number of hydrogen-bond donors (Lipinski definition) is 1. The molecule has 0 fully saturated rings. The van der Waals surface area contributed by atoms with Crippen molar-refractivity contribution in [3.05, 3.63) is 115 Å². The molecule has 0 atom stereocenters. The maximum Gasteiger partial charge on any atom is 0.131 e. The molecule has 0 aliphatic heterocycles. The van der Waals surface area contributed by atoms with Crippen LogP contribution in [-0.4, -0.2) is 14.8 Å². The summed E-state index contributed by atoms with van der Waals surface area (Å²) >= 11 is 0. The van der Waals surface area contributed by atoms with Crippen LogP contribution in [0.2, 0.25) is 0 Å². The molecule has 0 amide bonds. The van der Waals surface area contributed by atoms with Gasteiger partial charge in [-0.3, -0.25) is 0 Å². The SMILES string of the molecule is Cc1ccnn1-c1cccc(Nc2ccc(-c3ccccc3)c(-c3ccccc3)n2)c1. The summed E-state index contributed by atoms with van der Waals surface area (Å²) in [7, 11) is 0. The fourth-order valence-electron chi connectivity index (χ4n) is 3.70. The summed E-state index contributed by atoms with van der Waals surface area (Å²) in [6.45, 7) is 2.04. The topological polar surface area (TPSA) is 42.7 Å². The lowest BCUT2D eigenvalue weighted by Gasteiger charge is -2.14. The Kier molecular flexibility index (Phi) is 5.03. The van der Waals surface area contributed by atoms with E-state index in [-0.39, 0.29) is 0 Å². The lowest BCUT2D eigenvalue weighted by Crippen LogP contribution is -2.01. The second-order valence-corrected chi connectivity index (χ2v) is 7.38. The Morgan fingerprint density at radius 3 is 2.16 bits per heavy atom. The first-order valence-corrected chi connectivity index (χ1v) is 10.3. The third kappa shape index (κ3) is 3.96. The zero-order valence-corrected chi connectivity index (χ0v) is 17.2. The van der Waals surface area contributed by atoms with Gasteiger partial charge in [-0.25, -0.2) is 9.67 Å². The highest BCUT2D eigenvalue weighted by molar-refractivity contribution is 5.82. The van der Waals surface area contributed by atoms with Crippen LogP contribution < -0.4 is 5.32 Å². The van der Waals surface area contributed by atoms with Gasteiger partial charge in [0.05, 0.1) is 11.4 Å². The van der Waals surface area contributed by atoms with Crippen LogP contribution in [0.1, 0.15) is 5.69 Å². The molecule has 0 bridgehead atoms. The molecular formula is C27H22N4. The van der Waals surface area contributed by atoms with Gasteiger partial charge in [0.1, 0.15) is 5.82 Å². The highest BCUT2D eigenvalue weighted by Crippen LogP contribution is 2.32. The number of nitrogens with one attached hydrogen (secondary N) is 1. The monoisotopic (exact) mass is 402 g/mol. The van der Waals surface area contributed by atoms with Gasteiger partial charge >= 0.3 is 0 Å². The van der Waals surface area contributed by atoms with Crippen LogP contribution in [0.3, 0.4) is 0 Å². The van der Waals surface area contributed by atoms with Gasteiger partial charge in [0.2, 0.25) is 0 Å². The van der Waals surface area contributed by atoms with Crippen molar-refractivity contribution in [3.63, 3.8) is 0 Å². The van der Waals surface area contributed by atoms with E-state index in [4.69, 9.17) is 4.98 Å². The zero-order chi connectivity index (χ0) is 21.0. The Hall–Kier alpha value is -4.18. The van der Waals surface area contributed by atoms with Crippen LogP contribution in [0.25, 0.3) is 28.1 Å². The van der Waals surface area contributed by atoms with E-state index in [1.807, 2.05) is 72.4 Å². The molecule has 5 rings (SSSR count). The molecule has 2 heterocycles. The largest absolute Gasteiger partial charge is 0.340 e. The number of nitrogens with zero attached hydrogens (tertiary/aromatic N) is 3. The van der Waals surface area contributed by atoms with Crippen molar-refractivity contribution in [2.75, 3.05) is 5.32 Å². The first kappa shape index (κ1) is 18.8. The summed E-state index contributed by atoms with van der Waals surface area (Å²) in [5, 5.41) is 7.87. The number of pyridine rings is 1. The van der Waals surface area contributed by atoms with Gasteiger partial charge in [-0.15, -0.1) is 0 Å². The molecular weight excluding hydrogens is 380 g/mol. The first-order chi connectivity index (χ1) is 15.3. The summed E-state index contributed by atoms with van der Waals surface area (Å²) in [6, 6.07) is 35.0. The Labute approximate surface area is 181 Å². The molecule has 2 aromatic heterocycles. The Balaban J connectivity index is 1.53. The second kappa shape index (κ2) is 8.28. The summed E-state index contributed by atoms with van der Waals surface area (Å²) in [4.78, 5) is 4.99. The average molecular weight is 403 g/mol. The van der Waals surface area contributed by atoms with Crippen LogP contribution in [0.5, 0.6) is 0 Å². The van der Waals surface area contributed by atoms with E-state index >= 15 is 0 Å². The lowest BCUT2D eigenvalue weighted by molar-refractivity contribution is 0.847. The van der Waals surface area contributed by atoms with E-state index in [0.717, 1.165) is 45.3 Å². The van der Waals surface area contributed by atoms with Crippen LogP contribution in [-0.2, 0) is 0 Å². The van der Waals surface area contributed by atoms with Gasteiger partial charge in [-0.05, 0) is 48.9 Å². The second-order valence-electron chi connectivity index (χ2n) is 7.38. The van der Waals surface area contributed by atoms with Gasteiger partial charge < -0.3 is 5.32 Å². The van der Waals surface area contributed by atoms with E-state index < -0.39 is 0 Å². The van der Waals surface area contributed by atoms with Gasteiger partial charge in [0, 0.05) is 28.7 Å². The van der Waals surface area contributed by atoms with Crippen LogP contribution in [0.4, 0.5) is 11.5 Å². The summed E-state index contributed by atoms with van der Waals surface area (Å²) in [5.41, 5.74) is 7.37. The minimum atomic E-state index is 0.799. The maximum absolute atomic E-state index is 4.99. The summed E-state index contributed by atoms with van der Waals surface area (Å²) in [5.74, 6) is 0.799. The molecule has 0 spiro atoms. The van der Waals surface area contributed by atoms with E-state index in [2.05, 4.69) is 58.9 Å². The van der Waals surface area contributed by atoms with Crippen LogP contribution in [0, 0.1) is 6.92 Å². The van der Waals surface area contributed by atoms with Crippen molar-refractivity contribution in [2.45, 2.75) is 6.92 Å². The van der Waals surface area contributed by atoms with Crippen molar-refractivity contribution in [1.82, 2.24) is 14.8 Å². The number of benzene rings is 3. The Morgan fingerprint density at radius 2 is 1.45 bits per heavy atom. The first-order valence-electron chi connectivity index (χ1n) is 10.3. The van der Waals surface area contributed by atoms with E-state index in [9.17, 15) is 0 Å². The Morgan fingerprint density at radius 1 is 0.710 bits per heavy atom. The number of aromatic nitrogens is 3. The van der Waals surface area contributed by atoms with Crippen molar-refractivity contribution in [2.24, 2.45) is 0 Å². The smallest absolute Gasteiger partial charge is 0.131 e. The molecule has 0 saturated carbocycles. The predicted molar refractivity (Wildman–Crippen MR) is 127 cm³/mol. The van der Waals surface area contributed by atoms with Crippen molar-refractivity contribution < 1.29 is 0 Å². The third-order valence-corrected chi connectivity index (χ3v) is 5.22. The molecule has 150 valence electrons. The van der Waals surface area contributed by atoms with Crippen LogP contribution in [0.15, 0.2) is 109 Å². The zero-order valence-electron chi connectivity index (χ0n) is 17.2. The van der Waals surface area contributed by atoms with Crippen molar-refractivity contribution in [3.8, 4) is 28.1 Å². The number of anilines is 2. The average Bonchev–Trinajstić information content (AvgIpc) is 3.26. The molecule has 0 unspecified atom stereocenters. The van der Waals surface area contributed by atoms with Gasteiger partial charge in [-0.2, -0.15) is 5.10 Å². The fraction of sp³-hybridized carbons (Fsp3) is 0.0370. The maximum atomic E-state index is 4.99. The highest BCUT2D eigenvalue weighted by Gasteiger charge is 2.11. The quantitative estimate of drug-likeness (QED) is 0.358. The van der Waals surface area contributed by atoms with E-state index in [1.54, 1.807) is 0 Å². The normalized spacial score (nSPS) is 10.7. The minimum absolute atomic E-state index is 0.799. The molecule has 0 aliphatic rings. The van der Waals surface area contributed by atoms with E-state index in [0.29, 0.717) is 0 Å². The van der Waals surface area contributed by atoms with Gasteiger partial charge in [-0.1, -0.05) is 66.7 Å². The molecule has 31 heavy (non-hydrogen) atoms. The lowest BCUT2D eigenvalue weighted by atomic mass is 9.99. The number of rotatable bonds is 5. The van der Waals surface area contributed by atoms with Crippen molar-refractivity contribution >= 4 is 11.5 Å². The minimum Gasteiger partial charge on any atom is -0.340 e. The number of hydrogen-bond acceptors (Lipinski definition) is 3. The summed E-state index contributed by atoms with van der Waals surface area (Å²) in [6.07, 6.45) is 1.81. The third-order valence-electron chi connectivity index (χ3n) is 5.22. The Bertz CT molecular complexity index is 1310. The van der Waals surface area contributed by atoms with Gasteiger partial charge in [0.15, 0.2) is 0 Å². The molecule has 0 saturated heterocycles. The molecule has 4 nitrogen and oxygen atoms in total. The molecule has 3 aromatic carbocycles. The fourth-order valence-corrected chi connectivity index (χ4v) is 3.70. The highest BCUT2D eigenvalue weighted by atomic mass is 15.3. The molecule has 5 aromatic rings.